The standard InChI is InChI=1S/C26H33N5O2/c1-18-6-8-21(31-14-12-29(3)13-15-31)17-22(18)26(32)27-19(2)20-7-9-25(33-5)23(16-20)24-10-11-30(4)28-24/h6-11,16-17,19H,12-15H2,1-5H3,(H,27,32)/t19-/m1/s1. The largest absolute Gasteiger partial charge is 0.496 e. The minimum Gasteiger partial charge on any atom is -0.496 e. The Morgan fingerprint density at radius 3 is 2.48 bits per heavy atom. The van der Waals surface area contributed by atoms with Gasteiger partial charge >= 0.3 is 0 Å². The van der Waals surface area contributed by atoms with Crippen molar-refractivity contribution < 1.29 is 9.53 Å². The molecular formula is C26H33N5O2. The van der Waals surface area contributed by atoms with Crippen molar-refractivity contribution in [2.24, 2.45) is 7.05 Å². The molecule has 1 atom stereocenters. The molecule has 7 heteroatoms. The predicted octanol–water partition coefficient (Wildman–Crippen LogP) is 3.65. The van der Waals surface area contributed by atoms with Crippen LogP contribution in [-0.2, 0) is 7.05 Å². The average Bonchev–Trinajstić information content (AvgIpc) is 3.25. The number of rotatable bonds is 6. The second-order valence-electron chi connectivity index (χ2n) is 8.82. The Kier molecular flexibility index (Phi) is 6.70. The number of amides is 1. The van der Waals surface area contributed by atoms with Crippen LogP contribution in [0, 0.1) is 6.92 Å². The van der Waals surface area contributed by atoms with E-state index in [0.717, 1.165) is 65.6 Å². The van der Waals surface area contributed by atoms with Gasteiger partial charge in [-0.3, -0.25) is 9.48 Å². The highest BCUT2D eigenvalue weighted by atomic mass is 16.5. The predicted molar refractivity (Wildman–Crippen MR) is 132 cm³/mol. The van der Waals surface area contributed by atoms with Crippen LogP contribution < -0.4 is 15.0 Å². The smallest absolute Gasteiger partial charge is 0.252 e. The van der Waals surface area contributed by atoms with Crippen LogP contribution in [0.2, 0.25) is 0 Å². The third kappa shape index (κ3) is 5.03. The van der Waals surface area contributed by atoms with Crippen molar-refractivity contribution in [1.29, 1.82) is 0 Å². The van der Waals surface area contributed by atoms with Gasteiger partial charge in [0.1, 0.15) is 5.75 Å². The van der Waals surface area contributed by atoms with Crippen molar-refractivity contribution in [3.05, 3.63) is 65.4 Å². The van der Waals surface area contributed by atoms with Crippen LogP contribution in [0.25, 0.3) is 11.3 Å². The fourth-order valence-corrected chi connectivity index (χ4v) is 4.23. The molecule has 1 aliphatic heterocycles. The summed E-state index contributed by atoms with van der Waals surface area (Å²) in [6, 6.07) is 13.9. The second-order valence-corrected chi connectivity index (χ2v) is 8.82. The summed E-state index contributed by atoms with van der Waals surface area (Å²) in [5.74, 6) is 0.692. The third-order valence-corrected chi connectivity index (χ3v) is 6.39. The number of anilines is 1. The number of carbonyl (C=O) groups excluding carboxylic acids is 1. The molecule has 0 saturated carbocycles. The number of ether oxygens (including phenoxy) is 1. The van der Waals surface area contributed by atoms with E-state index >= 15 is 0 Å². The summed E-state index contributed by atoms with van der Waals surface area (Å²) in [4.78, 5) is 17.9. The molecule has 4 rings (SSSR count). The summed E-state index contributed by atoms with van der Waals surface area (Å²) in [5, 5.41) is 7.69. The lowest BCUT2D eigenvalue weighted by Crippen LogP contribution is -2.44. The molecule has 0 radical (unpaired) electrons. The lowest BCUT2D eigenvalue weighted by molar-refractivity contribution is 0.0939. The van der Waals surface area contributed by atoms with Gasteiger partial charge in [-0.15, -0.1) is 0 Å². The Morgan fingerprint density at radius 2 is 1.82 bits per heavy atom. The number of piperazine rings is 1. The molecule has 33 heavy (non-hydrogen) atoms. The summed E-state index contributed by atoms with van der Waals surface area (Å²) in [6.07, 6.45) is 1.91. The minimum absolute atomic E-state index is 0.0637. The van der Waals surface area contributed by atoms with Gasteiger partial charge < -0.3 is 19.9 Å². The monoisotopic (exact) mass is 447 g/mol. The number of hydrogen-bond donors (Lipinski definition) is 1. The fourth-order valence-electron chi connectivity index (χ4n) is 4.23. The van der Waals surface area contributed by atoms with Gasteiger partial charge in [-0.05, 0) is 62.4 Å². The maximum atomic E-state index is 13.2. The highest BCUT2D eigenvalue weighted by Gasteiger charge is 2.19. The Balaban J connectivity index is 1.54. The van der Waals surface area contributed by atoms with E-state index < -0.39 is 0 Å². The van der Waals surface area contributed by atoms with E-state index in [1.165, 1.54) is 0 Å². The molecule has 1 amide bonds. The van der Waals surface area contributed by atoms with E-state index in [1.807, 2.05) is 63.5 Å². The van der Waals surface area contributed by atoms with E-state index in [-0.39, 0.29) is 11.9 Å². The fraction of sp³-hybridized carbons (Fsp3) is 0.385. The zero-order valence-electron chi connectivity index (χ0n) is 20.1. The summed E-state index contributed by atoms with van der Waals surface area (Å²) in [6.45, 7) is 7.99. The summed E-state index contributed by atoms with van der Waals surface area (Å²) in [7, 11) is 5.69. The van der Waals surface area contributed by atoms with Gasteiger partial charge in [0.25, 0.3) is 5.91 Å². The number of nitrogens with one attached hydrogen (secondary N) is 1. The first-order valence-corrected chi connectivity index (χ1v) is 11.4. The van der Waals surface area contributed by atoms with Crippen molar-refractivity contribution in [3.8, 4) is 17.0 Å². The molecule has 1 aliphatic rings. The van der Waals surface area contributed by atoms with Gasteiger partial charge in [0.05, 0.1) is 18.8 Å². The molecule has 1 saturated heterocycles. The molecule has 1 fully saturated rings. The maximum absolute atomic E-state index is 13.2. The van der Waals surface area contributed by atoms with Crippen LogP contribution in [0.4, 0.5) is 5.69 Å². The first-order valence-electron chi connectivity index (χ1n) is 11.4. The van der Waals surface area contributed by atoms with Crippen LogP contribution in [0.1, 0.15) is 34.5 Å². The molecule has 3 aromatic rings. The van der Waals surface area contributed by atoms with E-state index in [0.29, 0.717) is 0 Å². The lowest BCUT2D eigenvalue weighted by atomic mass is 10.0. The van der Waals surface area contributed by atoms with Gasteiger partial charge in [-0.2, -0.15) is 5.10 Å². The highest BCUT2D eigenvalue weighted by molar-refractivity contribution is 5.97. The first kappa shape index (κ1) is 22.9. The van der Waals surface area contributed by atoms with Crippen molar-refractivity contribution >= 4 is 11.6 Å². The highest BCUT2D eigenvalue weighted by Crippen LogP contribution is 2.31. The Labute approximate surface area is 196 Å². The number of aromatic nitrogens is 2. The van der Waals surface area contributed by atoms with E-state index in [2.05, 4.69) is 33.3 Å². The number of methoxy groups -OCH3 is 1. The van der Waals surface area contributed by atoms with Crippen LogP contribution in [-0.4, -0.2) is 60.9 Å². The zero-order valence-corrected chi connectivity index (χ0v) is 20.1. The molecule has 174 valence electrons. The molecule has 0 spiro atoms. The minimum atomic E-state index is -0.169. The SMILES string of the molecule is COc1ccc([C@@H](C)NC(=O)c2cc(N3CCN(C)CC3)ccc2C)cc1-c1ccn(C)n1. The molecule has 1 aromatic heterocycles. The second kappa shape index (κ2) is 9.67. The van der Waals surface area contributed by atoms with Gasteiger partial charge in [0, 0.05) is 56.2 Å². The van der Waals surface area contributed by atoms with Gasteiger partial charge in [-0.25, -0.2) is 0 Å². The van der Waals surface area contributed by atoms with Crippen LogP contribution in [0.5, 0.6) is 5.75 Å². The third-order valence-electron chi connectivity index (χ3n) is 6.39. The van der Waals surface area contributed by atoms with Crippen molar-refractivity contribution in [3.63, 3.8) is 0 Å². The molecule has 2 heterocycles. The Bertz CT molecular complexity index is 1130. The topological polar surface area (TPSA) is 62.6 Å². The molecule has 1 N–H and O–H groups in total. The van der Waals surface area contributed by atoms with Crippen molar-refractivity contribution in [2.45, 2.75) is 19.9 Å². The molecule has 0 unspecified atom stereocenters. The average molecular weight is 448 g/mol. The van der Waals surface area contributed by atoms with Crippen molar-refractivity contribution in [2.75, 3.05) is 45.2 Å². The molecule has 0 aliphatic carbocycles. The summed E-state index contributed by atoms with van der Waals surface area (Å²) in [5.41, 5.74) is 5.54. The first-order chi connectivity index (χ1) is 15.9. The van der Waals surface area contributed by atoms with Crippen molar-refractivity contribution in [1.82, 2.24) is 20.0 Å². The van der Waals surface area contributed by atoms with Gasteiger partial charge in [0.2, 0.25) is 0 Å². The Hall–Kier alpha value is -3.32. The number of carbonyl (C=O) groups is 1. The number of hydrogen-bond acceptors (Lipinski definition) is 5. The van der Waals surface area contributed by atoms with Gasteiger partial charge in [0.15, 0.2) is 0 Å². The number of benzene rings is 2. The van der Waals surface area contributed by atoms with Crippen LogP contribution >= 0.6 is 0 Å². The van der Waals surface area contributed by atoms with Gasteiger partial charge in [-0.1, -0.05) is 12.1 Å². The normalized spacial score (nSPS) is 15.4. The maximum Gasteiger partial charge on any atom is 0.252 e. The number of nitrogens with zero attached hydrogens (tertiary/aromatic N) is 4. The van der Waals surface area contributed by atoms with E-state index in [1.54, 1.807) is 11.8 Å². The molecular weight excluding hydrogens is 414 g/mol. The lowest BCUT2D eigenvalue weighted by Gasteiger charge is -2.34. The quantitative estimate of drug-likeness (QED) is 0.625. The van der Waals surface area contributed by atoms with Crippen LogP contribution in [0.15, 0.2) is 48.7 Å². The Morgan fingerprint density at radius 1 is 1.06 bits per heavy atom. The van der Waals surface area contributed by atoms with Crippen LogP contribution in [0.3, 0.4) is 0 Å². The molecule has 2 aromatic carbocycles. The molecule has 0 bridgehead atoms. The molecule has 7 nitrogen and oxygen atoms in total. The van der Waals surface area contributed by atoms with E-state index in [9.17, 15) is 4.79 Å². The number of aryl methyl sites for hydroxylation is 2. The van der Waals surface area contributed by atoms with E-state index in [4.69, 9.17) is 4.74 Å². The number of likely N-dealkylation sites (N-methyl/N-ethyl adjacent to an activating group) is 1. The summed E-state index contributed by atoms with van der Waals surface area (Å²) >= 11 is 0. The zero-order chi connectivity index (χ0) is 23.5. The summed E-state index contributed by atoms with van der Waals surface area (Å²) < 4.78 is 7.31.